The summed E-state index contributed by atoms with van der Waals surface area (Å²) in [6.45, 7) is 5.30. The van der Waals surface area contributed by atoms with Gasteiger partial charge in [0.1, 0.15) is 0 Å². The Morgan fingerprint density at radius 1 is 1.39 bits per heavy atom. The molecule has 0 spiro atoms. The molecule has 0 atom stereocenters. The number of hydrogen-bond acceptors (Lipinski definition) is 2. The predicted molar refractivity (Wildman–Crippen MR) is 78.8 cm³/mol. The molecule has 3 heteroatoms. The van der Waals surface area contributed by atoms with Crippen LogP contribution in [0.1, 0.15) is 38.2 Å². The van der Waals surface area contributed by atoms with Gasteiger partial charge in [0, 0.05) is 29.1 Å². The fourth-order valence-corrected chi connectivity index (χ4v) is 2.71. The van der Waals surface area contributed by atoms with Crippen molar-refractivity contribution in [3.8, 4) is 0 Å². The molecule has 100 valence electrons. The summed E-state index contributed by atoms with van der Waals surface area (Å²) in [6.07, 6.45) is 2.41. The largest absolute Gasteiger partial charge is 0.396 e. The molecule has 0 saturated heterocycles. The number of halogens is 1. The molecule has 1 aliphatic rings. The second kappa shape index (κ2) is 5.72. The first-order chi connectivity index (χ1) is 8.50. The summed E-state index contributed by atoms with van der Waals surface area (Å²) in [5, 5.41) is 12.8. The molecule has 2 N–H and O–H groups in total. The van der Waals surface area contributed by atoms with Crippen LogP contribution < -0.4 is 5.32 Å². The monoisotopic (exact) mass is 311 g/mol. The van der Waals surface area contributed by atoms with Gasteiger partial charge >= 0.3 is 0 Å². The summed E-state index contributed by atoms with van der Waals surface area (Å²) in [5.41, 5.74) is 1.42. The van der Waals surface area contributed by atoms with Gasteiger partial charge in [-0.2, -0.15) is 0 Å². The number of aliphatic hydroxyl groups is 1. The van der Waals surface area contributed by atoms with E-state index in [2.05, 4.69) is 59.4 Å². The van der Waals surface area contributed by atoms with Gasteiger partial charge in [-0.1, -0.05) is 41.9 Å². The van der Waals surface area contributed by atoms with Crippen LogP contribution in [0.5, 0.6) is 0 Å². The van der Waals surface area contributed by atoms with Gasteiger partial charge in [-0.25, -0.2) is 0 Å². The third-order valence-electron chi connectivity index (χ3n) is 3.76. The van der Waals surface area contributed by atoms with E-state index in [1.54, 1.807) is 0 Å². The fourth-order valence-electron chi connectivity index (χ4n) is 2.29. The first kappa shape index (κ1) is 14.0. The average molecular weight is 312 g/mol. The number of benzene rings is 1. The third kappa shape index (κ3) is 3.56. The Morgan fingerprint density at radius 2 is 2.11 bits per heavy atom. The number of nitrogens with one attached hydrogen (secondary N) is 1. The third-order valence-corrected chi connectivity index (χ3v) is 4.25. The zero-order valence-electron chi connectivity index (χ0n) is 11.1. The zero-order chi connectivity index (χ0) is 13.2. The Hall–Kier alpha value is -0.380. The average Bonchev–Trinajstić information content (AvgIpc) is 2.27. The van der Waals surface area contributed by atoms with Crippen LogP contribution in [0.4, 0.5) is 0 Å². The van der Waals surface area contributed by atoms with Gasteiger partial charge in [0.15, 0.2) is 0 Å². The highest BCUT2D eigenvalue weighted by atomic mass is 79.9. The molecule has 1 aromatic rings. The fraction of sp³-hybridized carbons (Fsp3) is 0.600. The van der Waals surface area contributed by atoms with E-state index in [0.717, 1.165) is 11.0 Å². The number of aliphatic hydroxyl groups excluding tert-OH is 1. The van der Waals surface area contributed by atoms with Crippen molar-refractivity contribution in [3.63, 3.8) is 0 Å². The topological polar surface area (TPSA) is 32.3 Å². The SMILES string of the molecule is CC(C)(CO)CNC1CC(c2cccc(Br)c2)C1. The number of rotatable bonds is 5. The molecule has 1 saturated carbocycles. The van der Waals surface area contributed by atoms with Crippen LogP contribution in [0.15, 0.2) is 28.7 Å². The molecule has 18 heavy (non-hydrogen) atoms. The van der Waals surface area contributed by atoms with Crippen molar-refractivity contribution in [2.75, 3.05) is 13.2 Å². The zero-order valence-corrected chi connectivity index (χ0v) is 12.7. The van der Waals surface area contributed by atoms with Crippen LogP contribution >= 0.6 is 15.9 Å². The molecule has 1 aromatic carbocycles. The Labute approximate surface area is 118 Å². The van der Waals surface area contributed by atoms with E-state index < -0.39 is 0 Å². The Morgan fingerprint density at radius 3 is 2.72 bits per heavy atom. The highest BCUT2D eigenvalue weighted by Crippen LogP contribution is 2.37. The molecule has 1 fully saturated rings. The second-order valence-electron chi connectivity index (χ2n) is 6.12. The first-order valence-electron chi connectivity index (χ1n) is 6.60. The Bertz CT molecular complexity index is 399. The molecular formula is C15H22BrNO. The van der Waals surface area contributed by atoms with Crippen molar-refractivity contribution in [2.45, 2.75) is 38.6 Å². The lowest BCUT2D eigenvalue weighted by Crippen LogP contribution is -2.45. The van der Waals surface area contributed by atoms with E-state index in [1.807, 2.05) is 0 Å². The van der Waals surface area contributed by atoms with Crippen LogP contribution in [-0.2, 0) is 0 Å². The van der Waals surface area contributed by atoms with Gasteiger partial charge in [-0.05, 0) is 36.5 Å². The van der Waals surface area contributed by atoms with E-state index in [1.165, 1.54) is 18.4 Å². The van der Waals surface area contributed by atoms with Crippen molar-refractivity contribution < 1.29 is 5.11 Å². The van der Waals surface area contributed by atoms with Gasteiger partial charge in [-0.15, -0.1) is 0 Å². The van der Waals surface area contributed by atoms with Crippen LogP contribution in [0.25, 0.3) is 0 Å². The van der Waals surface area contributed by atoms with Gasteiger partial charge < -0.3 is 10.4 Å². The van der Waals surface area contributed by atoms with Crippen LogP contribution in [0.3, 0.4) is 0 Å². The highest BCUT2D eigenvalue weighted by molar-refractivity contribution is 9.10. The smallest absolute Gasteiger partial charge is 0.0494 e. The first-order valence-corrected chi connectivity index (χ1v) is 7.39. The molecule has 0 aliphatic heterocycles. The van der Waals surface area contributed by atoms with Crippen molar-refractivity contribution in [3.05, 3.63) is 34.3 Å². The van der Waals surface area contributed by atoms with Crippen LogP contribution in [0, 0.1) is 5.41 Å². The highest BCUT2D eigenvalue weighted by Gasteiger charge is 2.31. The summed E-state index contributed by atoms with van der Waals surface area (Å²) in [7, 11) is 0. The van der Waals surface area contributed by atoms with Crippen molar-refractivity contribution in [1.82, 2.24) is 5.32 Å². The van der Waals surface area contributed by atoms with E-state index in [9.17, 15) is 5.11 Å². The van der Waals surface area contributed by atoms with Gasteiger partial charge in [0.05, 0.1) is 0 Å². The lowest BCUT2D eigenvalue weighted by atomic mass is 9.75. The Kier molecular flexibility index (Phi) is 4.46. The minimum atomic E-state index is -0.0130. The van der Waals surface area contributed by atoms with Crippen molar-refractivity contribution in [2.24, 2.45) is 5.41 Å². The van der Waals surface area contributed by atoms with Crippen LogP contribution in [0.2, 0.25) is 0 Å². The molecule has 0 radical (unpaired) electrons. The van der Waals surface area contributed by atoms with Gasteiger partial charge in [0.2, 0.25) is 0 Å². The molecule has 0 aromatic heterocycles. The molecule has 2 nitrogen and oxygen atoms in total. The molecule has 2 rings (SSSR count). The predicted octanol–water partition coefficient (Wildman–Crippen LogP) is 3.30. The summed E-state index contributed by atoms with van der Waals surface area (Å²) >= 11 is 3.52. The number of hydrogen-bond donors (Lipinski definition) is 2. The summed E-state index contributed by atoms with van der Waals surface area (Å²) in [5.74, 6) is 0.692. The summed E-state index contributed by atoms with van der Waals surface area (Å²) < 4.78 is 1.16. The van der Waals surface area contributed by atoms with E-state index in [-0.39, 0.29) is 12.0 Å². The molecule has 0 amide bonds. The van der Waals surface area contributed by atoms with Gasteiger partial charge in [0.25, 0.3) is 0 Å². The molecule has 0 bridgehead atoms. The molecule has 0 heterocycles. The summed E-state index contributed by atoms with van der Waals surface area (Å²) in [4.78, 5) is 0. The minimum absolute atomic E-state index is 0.0130. The molecular weight excluding hydrogens is 290 g/mol. The van der Waals surface area contributed by atoms with Crippen LogP contribution in [-0.4, -0.2) is 24.3 Å². The molecule has 0 unspecified atom stereocenters. The van der Waals surface area contributed by atoms with Crippen molar-refractivity contribution >= 4 is 15.9 Å². The van der Waals surface area contributed by atoms with E-state index >= 15 is 0 Å². The second-order valence-corrected chi connectivity index (χ2v) is 7.04. The summed E-state index contributed by atoms with van der Waals surface area (Å²) in [6, 6.07) is 9.22. The quantitative estimate of drug-likeness (QED) is 0.874. The lowest BCUT2D eigenvalue weighted by Gasteiger charge is -2.38. The van der Waals surface area contributed by atoms with Gasteiger partial charge in [-0.3, -0.25) is 0 Å². The lowest BCUT2D eigenvalue weighted by molar-refractivity contribution is 0.143. The maximum Gasteiger partial charge on any atom is 0.0494 e. The van der Waals surface area contributed by atoms with E-state index in [4.69, 9.17) is 0 Å². The standard InChI is InChI=1S/C15H22BrNO/c1-15(2,10-18)9-17-14-7-12(8-14)11-4-3-5-13(16)6-11/h3-6,12,14,17-18H,7-10H2,1-2H3. The maximum absolute atomic E-state index is 9.21. The Balaban J connectivity index is 1.77. The van der Waals surface area contributed by atoms with E-state index in [0.29, 0.717) is 12.0 Å². The molecule has 1 aliphatic carbocycles. The van der Waals surface area contributed by atoms with Crippen molar-refractivity contribution in [1.29, 1.82) is 0 Å². The maximum atomic E-state index is 9.21. The normalized spacial score (nSPS) is 23.8. The minimum Gasteiger partial charge on any atom is -0.396 e.